The van der Waals surface area contributed by atoms with Gasteiger partial charge in [0.1, 0.15) is 5.75 Å². The first-order chi connectivity index (χ1) is 9.51. The fraction of sp³-hybridized carbons (Fsp3) is 0.533. The maximum atomic E-state index is 11.8. The van der Waals surface area contributed by atoms with E-state index in [4.69, 9.17) is 4.74 Å². The second-order valence-electron chi connectivity index (χ2n) is 5.15. The van der Waals surface area contributed by atoms with Gasteiger partial charge in [0.25, 0.3) is 0 Å². The predicted molar refractivity (Wildman–Crippen MR) is 82.3 cm³/mol. The van der Waals surface area contributed by atoms with Gasteiger partial charge in [-0.15, -0.1) is 0 Å². The smallest absolute Gasteiger partial charge is 0.238 e. The second-order valence-corrected chi connectivity index (χ2v) is 5.15. The van der Waals surface area contributed by atoms with E-state index in [2.05, 4.69) is 22.5 Å². The molecule has 2 N–H and O–H groups in total. The van der Waals surface area contributed by atoms with E-state index in [0.717, 1.165) is 24.4 Å². The fourth-order valence-electron chi connectivity index (χ4n) is 1.73. The molecule has 0 saturated carbocycles. The van der Waals surface area contributed by atoms with Crippen molar-refractivity contribution in [2.24, 2.45) is 0 Å². The number of hydrogen-bond acceptors (Lipinski definition) is 4. The molecule has 5 nitrogen and oxygen atoms in total. The van der Waals surface area contributed by atoms with Crippen molar-refractivity contribution in [2.75, 3.05) is 39.6 Å². The third-order valence-corrected chi connectivity index (χ3v) is 2.97. The third kappa shape index (κ3) is 6.54. The molecule has 1 rings (SSSR count). The number of anilines is 1. The monoisotopic (exact) mass is 279 g/mol. The first-order valence-electron chi connectivity index (χ1n) is 6.83. The zero-order valence-corrected chi connectivity index (χ0v) is 12.8. The summed E-state index contributed by atoms with van der Waals surface area (Å²) in [7, 11) is 5.69. The van der Waals surface area contributed by atoms with E-state index in [9.17, 15) is 4.79 Å². The van der Waals surface area contributed by atoms with Crippen molar-refractivity contribution in [3.8, 4) is 5.75 Å². The fourth-order valence-corrected chi connectivity index (χ4v) is 1.73. The quantitative estimate of drug-likeness (QED) is 0.758. The Morgan fingerprint density at radius 2 is 2.15 bits per heavy atom. The van der Waals surface area contributed by atoms with Crippen molar-refractivity contribution in [2.45, 2.75) is 19.4 Å². The van der Waals surface area contributed by atoms with Crippen molar-refractivity contribution < 1.29 is 9.53 Å². The molecule has 0 heterocycles. The van der Waals surface area contributed by atoms with Gasteiger partial charge in [-0.05, 0) is 46.1 Å². The Morgan fingerprint density at radius 3 is 2.80 bits per heavy atom. The van der Waals surface area contributed by atoms with Crippen LogP contribution in [-0.2, 0) is 4.79 Å². The zero-order valence-electron chi connectivity index (χ0n) is 12.8. The van der Waals surface area contributed by atoms with Crippen LogP contribution in [-0.4, -0.2) is 51.1 Å². The maximum Gasteiger partial charge on any atom is 0.238 e. The first-order valence-corrected chi connectivity index (χ1v) is 6.83. The molecule has 112 valence electrons. The minimum atomic E-state index is -0.0463. The molecule has 0 aliphatic heterocycles. The highest BCUT2D eigenvalue weighted by atomic mass is 16.5. The van der Waals surface area contributed by atoms with Crippen molar-refractivity contribution in [3.05, 3.63) is 24.3 Å². The average molecular weight is 279 g/mol. The maximum absolute atomic E-state index is 11.8. The van der Waals surface area contributed by atoms with Gasteiger partial charge in [-0.1, -0.05) is 6.07 Å². The molecule has 1 aromatic carbocycles. The topological polar surface area (TPSA) is 53.6 Å². The Morgan fingerprint density at radius 1 is 1.40 bits per heavy atom. The lowest BCUT2D eigenvalue weighted by Crippen LogP contribution is -2.36. The van der Waals surface area contributed by atoms with E-state index in [0.29, 0.717) is 12.6 Å². The third-order valence-electron chi connectivity index (χ3n) is 2.97. The number of benzene rings is 1. The van der Waals surface area contributed by atoms with Gasteiger partial charge in [0.05, 0.1) is 13.7 Å². The standard InChI is InChI=1S/C15H25N3O2/c1-12(8-9-18(2)3)16-11-15(19)17-13-6-5-7-14(10-13)20-4/h5-7,10,12,16H,8-9,11H2,1-4H3,(H,17,19). The Hall–Kier alpha value is -1.59. The summed E-state index contributed by atoms with van der Waals surface area (Å²) in [6, 6.07) is 7.65. The predicted octanol–water partition coefficient (Wildman–Crippen LogP) is 1.56. The minimum absolute atomic E-state index is 0.0463. The number of carbonyl (C=O) groups is 1. The van der Waals surface area contributed by atoms with Gasteiger partial charge < -0.3 is 20.3 Å². The number of hydrogen-bond donors (Lipinski definition) is 2. The normalized spacial score (nSPS) is 12.2. The van der Waals surface area contributed by atoms with E-state index in [-0.39, 0.29) is 5.91 Å². The molecule has 5 heteroatoms. The van der Waals surface area contributed by atoms with Gasteiger partial charge in [-0.2, -0.15) is 0 Å². The van der Waals surface area contributed by atoms with E-state index < -0.39 is 0 Å². The van der Waals surface area contributed by atoms with Gasteiger partial charge in [0.15, 0.2) is 0 Å². The van der Waals surface area contributed by atoms with E-state index >= 15 is 0 Å². The summed E-state index contributed by atoms with van der Waals surface area (Å²) in [5.41, 5.74) is 0.747. The number of amides is 1. The van der Waals surface area contributed by atoms with Crippen molar-refractivity contribution >= 4 is 11.6 Å². The molecule has 0 spiro atoms. The Labute approximate surface area is 121 Å². The highest BCUT2D eigenvalue weighted by Gasteiger charge is 2.06. The Kier molecular flexibility index (Phi) is 7.04. The minimum Gasteiger partial charge on any atom is -0.497 e. The number of carbonyl (C=O) groups excluding carboxylic acids is 1. The lowest BCUT2D eigenvalue weighted by molar-refractivity contribution is -0.115. The van der Waals surface area contributed by atoms with Gasteiger partial charge >= 0.3 is 0 Å². The molecule has 0 saturated heterocycles. The molecule has 20 heavy (non-hydrogen) atoms. The molecular weight excluding hydrogens is 254 g/mol. The van der Waals surface area contributed by atoms with Crippen LogP contribution in [0.2, 0.25) is 0 Å². The summed E-state index contributed by atoms with van der Waals surface area (Å²) >= 11 is 0. The van der Waals surface area contributed by atoms with Crippen LogP contribution in [0.15, 0.2) is 24.3 Å². The highest BCUT2D eigenvalue weighted by molar-refractivity contribution is 5.92. The summed E-state index contributed by atoms with van der Waals surface area (Å²) in [5.74, 6) is 0.685. The van der Waals surface area contributed by atoms with Crippen molar-refractivity contribution in [3.63, 3.8) is 0 Å². The van der Waals surface area contributed by atoms with Crippen LogP contribution in [0.4, 0.5) is 5.69 Å². The number of nitrogens with one attached hydrogen (secondary N) is 2. The summed E-state index contributed by atoms with van der Waals surface area (Å²) in [6.07, 6.45) is 1.01. The Bertz CT molecular complexity index is 421. The Balaban J connectivity index is 2.32. The number of ether oxygens (including phenoxy) is 1. The van der Waals surface area contributed by atoms with Gasteiger partial charge in [0, 0.05) is 17.8 Å². The van der Waals surface area contributed by atoms with E-state index in [1.165, 1.54) is 0 Å². The molecule has 0 aliphatic carbocycles. The number of rotatable bonds is 8. The second kappa shape index (κ2) is 8.55. The van der Waals surface area contributed by atoms with Gasteiger partial charge in [-0.25, -0.2) is 0 Å². The molecule has 1 amide bonds. The molecule has 1 unspecified atom stereocenters. The summed E-state index contributed by atoms with van der Waals surface area (Å²) < 4.78 is 5.12. The molecule has 1 aromatic rings. The lowest BCUT2D eigenvalue weighted by atomic mass is 10.2. The van der Waals surface area contributed by atoms with Crippen LogP contribution >= 0.6 is 0 Å². The molecule has 0 aliphatic rings. The van der Waals surface area contributed by atoms with Gasteiger partial charge in [-0.3, -0.25) is 4.79 Å². The van der Waals surface area contributed by atoms with Gasteiger partial charge in [0.2, 0.25) is 5.91 Å². The SMILES string of the molecule is COc1cccc(NC(=O)CNC(C)CCN(C)C)c1. The molecular formula is C15H25N3O2. The van der Waals surface area contributed by atoms with Crippen molar-refractivity contribution in [1.82, 2.24) is 10.2 Å². The lowest BCUT2D eigenvalue weighted by Gasteiger charge is -2.16. The highest BCUT2D eigenvalue weighted by Crippen LogP contribution is 2.16. The first kappa shape index (κ1) is 16.5. The molecule has 0 radical (unpaired) electrons. The average Bonchev–Trinajstić information content (AvgIpc) is 2.43. The van der Waals surface area contributed by atoms with E-state index in [1.54, 1.807) is 13.2 Å². The largest absolute Gasteiger partial charge is 0.497 e. The number of nitrogens with zero attached hydrogens (tertiary/aromatic N) is 1. The number of methoxy groups -OCH3 is 1. The van der Waals surface area contributed by atoms with Crippen LogP contribution in [0.5, 0.6) is 5.75 Å². The van der Waals surface area contributed by atoms with Crippen LogP contribution in [0.3, 0.4) is 0 Å². The molecule has 0 fully saturated rings. The van der Waals surface area contributed by atoms with Crippen LogP contribution in [0.1, 0.15) is 13.3 Å². The summed E-state index contributed by atoms with van der Waals surface area (Å²) in [6.45, 7) is 3.40. The van der Waals surface area contributed by atoms with Crippen LogP contribution in [0.25, 0.3) is 0 Å². The molecule has 0 aromatic heterocycles. The van der Waals surface area contributed by atoms with Crippen LogP contribution in [0, 0.1) is 0 Å². The zero-order chi connectivity index (χ0) is 15.0. The van der Waals surface area contributed by atoms with Crippen molar-refractivity contribution in [1.29, 1.82) is 0 Å². The summed E-state index contributed by atoms with van der Waals surface area (Å²) in [5, 5.41) is 6.06. The molecule has 1 atom stereocenters. The molecule has 0 bridgehead atoms. The summed E-state index contributed by atoms with van der Waals surface area (Å²) in [4.78, 5) is 14.0. The van der Waals surface area contributed by atoms with E-state index in [1.807, 2.05) is 32.3 Å². The van der Waals surface area contributed by atoms with Crippen LogP contribution < -0.4 is 15.4 Å².